The van der Waals surface area contributed by atoms with Gasteiger partial charge in [0.1, 0.15) is 5.82 Å². The normalized spacial score (nSPS) is 21.9. The maximum Gasteiger partial charge on any atom is 0.167 e. The summed E-state index contributed by atoms with van der Waals surface area (Å²) in [5.41, 5.74) is 1.75. The van der Waals surface area contributed by atoms with Crippen molar-refractivity contribution in [2.24, 2.45) is 4.36 Å². The Morgan fingerprint density at radius 3 is 2.97 bits per heavy atom. The van der Waals surface area contributed by atoms with Gasteiger partial charge in [-0.05, 0) is 25.8 Å². The second kappa shape index (κ2) is 7.07. The van der Waals surface area contributed by atoms with E-state index in [1.165, 1.54) is 0 Å². The molecule has 1 aliphatic heterocycles. The van der Waals surface area contributed by atoms with Crippen molar-refractivity contribution in [3.05, 3.63) is 30.7 Å². The second-order valence-corrected chi connectivity index (χ2v) is 10.4. The Morgan fingerprint density at radius 1 is 1.31 bits per heavy atom. The molecule has 0 amide bonds. The van der Waals surface area contributed by atoms with Gasteiger partial charge in [0, 0.05) is 47.5 Å². The molecule has 0 bridgehead atoms. The molecule has 9 heteroatoms. The third kappa shape index (κ3) is 3.60. The van der Waals surface area contributed by atoms with Crippen LogP contribution >= 0.6 is 0 Å². The smallest absolute Gasteiger partial charge is 0.167 e. The molecule has 5 rings (SSSR count). The fourth-order valence-electron chi connectivity index (χ4n) is 3.73. The molecule has 1 saturated heterocycles. The average Bonchev–Trinajstić information content (AvgIpc) is 3.46. The summed E-state index contributed by atoms with van der Waals surface area (Å²) in [5.74, 6) is 1.79. The molecule has 1 aliphatic carbocycles. The minimum atomic E-state index is -2.31. The van der Waals surface area contributed by atoms with Gasteiger partial charge in [-0.25, -0.2) is 14.2 Å². The molecule has 1 saturated carbocycles. The van der Waals surface area contributed by atoms with Gasteiger partial charge in [0.15, 0.2) is 11.6 Å². The number of aromatic nitrogens is 4. The van der Waals surface area contributed by atoms with Gasteiger partial charge in [0.05, 0.1) is 40.7 Å². The number of nitrogens with one attached hydrogen (secondary N) is 1. The molecule has 0 spiro atoms. The van der Waals surface area contributed by atoms with Crippen molar-refractivity contribution in [3.63, 3.8) is 0 Å². The molecule has 0 aromatic carbocycles. The van der Waals surface area contributed by atoms with E-state index < -0.39 is 9.73 Å². The summed E-state index contributed by atoms with van der Waals surface area (Å²) in [6.45, 7) is 4.15. The van der Waals surface area contributed by atoms with Gasteiger partial charge in [-0.2, -0.15) is 4.36 Å². The predicted octanol–water partition coefficient (Wildman–Crippen LogP) is 3.14. The van der Waals surface area contributed by atoms with Gasteiger partial charge in [0.25, 0.3) is 0 Å². The number of ether oxygens (including phenoxy) is 1. The van der Waals surface area contributed by atoms with Gasteiger partial charge >= 0.3 is 0 Å². The van der Waals surface area contributed by atoms with E-state index in [0.717, 1.165) is 41.7 Å². The van der Waals surface area contributed by atoms with Crippen molar-refractivity contribution in [3.8, 4) is 11.4 Å². The minimum absolute atomic E-state index is 0.168. The van der Waals surface area contributed by atoms with Crippen LogP contribution in [-0.2, 0) is 14.5 Å². The number of fused-ring (bicyclic) bond motifs is 1. The largest absolute Gasteiger partial charge is 0.377 e. The molecule has 8 nitrogen and oxygen atoms in total. The van der Waals surface area contributed by atoms with Crippen molar-refractivity contribution in [1.29, 1.82) is 0 Å². The van der Waals surface area contributed by atoms with Crippen molar-refractivity contribution < 1.29 is 8.95 Å². The zero-order valence-electron chi connectivity index (χ0n) is 16.5. The molecule has 0 unspecified atom stereocenters. The molecule has 3 aromatic heterocycles. The van der Waals surface area contributed by atoms with E-state index in [-0.39, 0.29) is 11.3 Å². The summed E-state index contributed by atoms with van der Waals surface area (Å²) in [4.78, 5) is 19.2. The first-order valence-electron chi connectivity index (χ1n) is 9.87. The van der Waals surface area contributed by atoms with Crippen LogP contribution in [-0.4, -0.2) is 61.5 Å². The number of H-pyrrole nitrogens is 1. The number of nitrogens with zero attached hydrogens (tertiary/aromatic N) is 5. The first kappa shape index (κ1) is 18.5. The maximum absolute atomic E-state index is 13.0. The van der Waals surface area contributed by atoms with Crippen LogP contribution in [0, 0.1) is 0 Å². The number of morpholine rings is 1. The molecule has 2 fully saturated rings. The van der Waals surface area contributed by atoms with Crippen molar-refractivity contribution in [2.45, 2.75) is 31.1 Å². The Kier molecular flexibility index (Phi) is 4.51. The second-order valence-electron chi connectivity index (χ2n) is 7.80. The molecule has 2 aliphatic rings. The molecule has 1 N–H and O–H groups in total. The summed E-state index contributed by atoms with van der Waals surface area (Å²) in [6.07, 6.45) is 9.10. The summed E-state index contributed by atoms with van der Waals surface area (Å²) in [7, 11) is -2.31. The lowest BCUT2D eigenvalue weighted by Crippen LogP contribution is -2.44. The highest BCUT2D eigenvalue weighted by Crippen LogP contribution is 2.33. The molecule has 2 atom stereocenters. The Morgan fingerprint density at radius 2 is 2.17 bits per heavy atom. The maximum atomic E-state index is 13.0. The highest BCUT2D eigenvalue weighted by molar-refractivity contribution is 7.93. The van der Waals surface area contributed by atoms with Crippen LogP contribution < -0.4 is 4.90 Å². The molecule has 29 heavy (non-hydrogen) atoms. The van der Waals surface area contributed by atoms with Crippen molar-refractivity contribution >= 4 is 32.3 Å². The Balaban J connectivity index is 1.68. The molecule has 3 aromatic rings. The van der Waals surface area contributed by atoms with E-state index in [4.69, 9.17) is 9.72 Å². The summed E-state index contributed by atoms with van der Waals surface area (Å²) >= 11 is 0. The van der Waals surface area contributed by atoms with Gasteiger partial charge in [-0.15, -0.1) is 0 Å². The topological polar surface area (TPSA) is 96.4 Å². The molecular formula is C20H24N6O2S. The number of hydrogen-bond donors (Lipinski definition) is 1. The number of anilines is 1. The van der Waals surface area contributed by atoms with E-state index in [1.54, 1.807) is 18.6 Å². The van der Waals surface area contributed by atoms with Crippen LogP contribution in [0.4, 0.5) is 11.6 Å². The highest BCUT2D eigenvalue weighted by atomic mass is 32.2. The lowest BCUT2D eigenvalue weighted by Gasteiger charge is -2.34. The van der Waals surface area contributed by atoms with Crippen molar-refractivity contribution in [1.82, 2.24) is 19.9 Å². The van der Waals surface area contributed by atoms with Crippen LogP contribution in [0.3, 0.4) is 0 Å². The van der Waals surface area contributed by atoms with Crippen molar-refractivity contribution in [2.75, 3.05) is 30.9 Å². The molecule has 4 heterocycles. The average molecular weight is 413 g/mol. The molecule has 152 valence electrons. The fourth-order valence-corrected chi connectivity index (χ4v) is 5.35. The summed E-state index contributed by atoms with van der Waals surface area (Å²) in [5, 5.41) is 1.17. The number of aromatic amines is 1. The third-order valence-electron chi connectivity index (χ3n) is 5.50. The molecule has 0 radical (unpaired) electrons. The van der Waals surface area contributed by atoms with E-state index in [1.807, 2.05) is 18.3 Å². The van der Waals surface area contributed by atoms with Gasteiger partial charge in [0.2, 0.25) is 0 Å². The van der Waals surface area contributed by atoms with E-state index in [0.29, 0.717) is 24.9 Å². The highest BCUT2D eigenvalue weighted by Gasteiger charge is 2.31. The van der Waals surface area contributed by atoms with Crippen LogP contribution in [0.15, 0.2) is 35.1 Å². The monoisotopic (exact) mass is 412 g/mol. The van der Waals surface area contributed by atoms with Gasteiger partial charge in [-0.3, -0.25) is 4.98 Å². The van der Waals surface area contributed by atoms with Gasteiger partial charge in [-0.1, -0.05) is 0 Å². The Hall–Kier alpha value is -2.52. The number of pyridine rings is 1. The minimum Gasteiger partial charge on any atom is -0.377 e. The quantitative estimate of drug-likeness (QED) is 0.707. The SMILES string of the molecule is C[C@@H]1COCCN1c1cc(N=[S@](C)(=O)C2CC2)nc(-c2cncc3[nH]ccc23)n1. The Labute approximate surface area is 169 Å². The van der Waals surface area contributed by atoms with Crippen LogP contribution in [0.1, 0.15) is 19.8 Å². The predicted molar refractivity (Wildman–Crippen MR) is 114 cm³/mol. The van der Waals surface area contributed by atoms with Crippen LogP contribution in [0.2, 0.25) is 0 Å². The fraction of sp³-hybridized carbons (Fsp3) is 0.450. The number of rotatable bonds is 4. The van der Waals surface area contributed by atoms with Crippen LogP contribution in [0.5, 0.6) is 0 Å². The van der Waals surface area contributed by atoms with Crippen LogP contribution in [0.25, 0.3) is 22.3 Å². The standard InChI is InChI=1S/C20H24N6O2S/c1-13-12-28-8-7-26(13)19-9-18(25-29(2,27)14-3-4-14)23-20(24-19)16-10-21-11-17-15(16)5-6-22-17/h5-6,9-11,13-14,22H,3-4,7-8,12H2,1-2H3/t13-,29-/m1/s1. The van der Waals surface area contributed by atoms with Gasteiger partial charge < -0.3 is 14.6 Å². The number of hydrogen-bond acceptors (Lipinski definition) is 7. The summed E-state index contributed by atoms with van der Waals surface area (Å²) < 4.78 is 23.2. The van der Waals surface area contributed by atoms with E-state index >= 15 is 0 Å². The lowest BCUT2D eigenvalue weighted by atomic mass is 10.1. The first-order valence-corrected chi connectivity index (χ1v) is 11.9. The third-order valence-corrected chi connectivity index (χ3v) is 7.75. The zero-order valence-corrected chi connectivity index (χ0v) is 17.4. The van der Waals surface area contributed by atoms with E-state index in [2.05, 4.69) is 31.1 Å². The summed E-state index contributed by atoms with van der Waals surface area (Å²) in [6, 6.07) is 4.03. The lowest BCUT2D eigenvalue weighted by molar-refractivity contribution is 0.0985. The molecular weight excluding hydrogens is 388 g/mol. The zero-order chi connectivity index (χ0) is 20.0. The van der Waals surface area contributed by atoms with E-state index in [9.17, 15) is 4.21 Å². The first-order chi connectivity index (χ1) is 14.0. The Bertz CT molecular complexity index is 1180.